The third-order valence-corrected chi connectivity index (χ3v) is 3.05. The average Bonchev–Trinajstić information content (AvgIpc) is 2.27. The fourth-order valence-corrected chi connectivity index (χ4v) is 1.79. The molecule has 1 rings (SSSR count). The summed E-state index contributed by atoms with van der Waals surface area (Å²) in [6, 6.07) is 5.22. The molecule has 0 spiro atoms. The maximum absolute atomic E-state index is 11.4. The van der Waals surface area contributed by atoms with Crippen LogP contribution in [0, 0.1) is 5.92 Å². The highest BCUT2D eigenvalue weighted by molar-refractivity contribution is 7.80. The van der Waals surface area contributed by atoms with Gasteiger partial charge in [-0.15, -0.1) is 0 Å². The van der Waals surface area contributed by atoms with E-state index in [1.807, 2.05) is 6.07 Å². The van der Waals surface area contributed by atoms with Crippen LogP contribution in [0.2, 0.25) is 10.0 Å². The monoisotopic (exact) mass is 304 g/mol. The molecular weight excluding hydrogens is 291 g/mol. The van der Waals surface area contributed by atoms with Gasteiger partial charge in [-0.2, -0.15) is 0 Å². The van der Waals surface area contributed by atoms with Gasteiger partial charge in [0.2, 0.25) is 5.91 Å². The van der Waals surface area contributed by atoms with E-state index in [2.05, 4.69) is 10.6 Å². The maximum Gasteiger partial charge on any atom is 0.228 e. The van der Waals surface area contributed by atoms with Crippen molar-refractivity contribution in [2.45, 2.75) is 20.4 Å². The third kappa shape index (κ3) is 4.80. The Labute approximate surface area is 122 Å². The Morgan fingerprint density at radius 3 is 2.61 bits per heavy atom. The number of hydrogen-bond acceptors (Lipinski definition) is 2. The normalized spacial score (nSPS) is 10.3. The molecule has 0 saturated carbocycles. The molecule has 0 atom stereocenters. The molecule has 0 aromatic heterocycles. The van der Waals surface area contributed by atoms with E-state index < -0.39 is 0 Å². The first kappa shape index (κ1) is 15.2. The minimum atomic E-state index is -0.116. The van der Waals surface area contributed by atoms with Gasteiger partial charge in [-0.05, 0) is 29.9 Å². The Bertz CT molecular complexity index is 463. The van der Waals surface area contributed by atoms with Crippen LogP contribution in [0.4, 0.5) is 0 Å². The summed E-state index contributed by atoms with van der Waals surface area (Å²) in [5.74, 6) is -0.224. The zero-order valence-corrected chi connectivity index (χ0v) is 12.4. The van der Waals surface area contributed by atoms with Crippen LogP contribution < -0.4 is 10.6 Å². The van der Waals surface area contributed by atoms with Gasteiger partial charge in [-0.3, -0.25) is 4.79 Å². The molecule has 18 heavy (non-hydrogen) atoms. The molecule has 0 aliphatic heterocycles. The molecule has 1 amide bonds. The van der Waals surface area contributed by atoms with Gasteiger partial charge in [0.25, 0.3) is 0 Å². The smallest absolute Gasteiger partial charge is 0.228 e. The van der Waals surface area contributed by atoms with Crippen molar-refractivity contribution in [3.63, 3.8) is 0 Å². The first-order valence-electron chi connectivity index (χ1n) is 5.42. The Balaban J connectivity index is 2.50. The van der Waals surface area contributed by atoms with Crippen molar-refractivity contribution in [3.05, 3.63) is 33.8 Å². The van der Waals surface area contributed by atoms with Crippen LogP contribution in [0.25, 0.3) is 0 Å². The third-order valence-electron chi connectivity index (χ3n) is 2.22. The fraction of sp³-hybridized carbons (Fsp3) is 0.333. The second-order valence-corrected chi connectivity index (χ2v) is 5.31. The van der Waals surface area contributed by atoms with Crippen molar-refractivity contribution < 1.29 is 4.79 Å². The van der Waals surface area contributed by atoms with Crippen LogP contribution in [-0.4, -0.2) is 11.0 Å². The van der Waals surface area contributed by atoms with Crippen LogP contribution in [0.5, 0.6) is 0 Å². The van der Waals surface area contributed by atoms with Crippen molar-refractivity contribution in [2.24, 2.45) is 5.92 Å². The minimum Gasteiger partial charge on any atom is -0.358 e. The number of benzene rings is 1. The zero-order valence-electron chi connectivity index (χ0n) is 10.1. The van der Waals surface area contributed by atoms with Crippen LogP contribution in [0.15, 0.2) is 18.2 Å². The van der Waals surface area contributed by atoms with Gasteiger partial charge in [0.1, 0.15) is 0 Å². The summed E-state index contributed by atoms with van der Waals surface area (Å²) in [6.45, 7) is 4.04. The molecule has 0 unspecified atom stereocenters. The molecule has 1 aromatic rings. The van der Waals surface area contributed by atoms with Crippen molar-refractivity contribution in [1.82, 2.24) is 10.6 Å². The van der Waals surface area contributed by atoms with Gasteiger partial charge in [-0.1, -0.05) is 43.1 Å². The number of carbonyl (C=O) groups is 1. The first-order chi connectivity index (χ1) is 8.40. The highest BCUT2D eigenvalue weighted by atomic mass is 35.5. The standard InChI is InChI=1S/C12H14Cl2N2OS/c1-7(2)11(17)16-12(18)15-6-8-3-4-9(13)5-10(8)14/h3-5,7H,6H2,1-2H3,(H2,15,16,17,18). The van der Waals surface area contributed by atoms with E-state index in [0.717, 1.165) is 5.56 Å². The second kappa shape index (κ2) is 6.92. The summed E-state index contributed by atoms with van der Waals surface area (Å²) < 4.78 is 0. The van der Waals surface area contributed by atoms with Gasteiger partial charge in [0.05, 0.1) is 0 Å². The first-order valence-corrected chi connectivity index (χ1v) is 6.59. The topological polar surface area (TPSA) is 41.1 Å². The lowest BCUT2D eigenvalue weighted by molar-refractivity contribution is -0.122. The molecule has 98 valence electrons. The lowest BCUT2D eigenvalue weighted by Gasteiger charge is -2.11. The summed E-state index contributed by atoms with van der Waals surface area (Å²) in [7, 11) is 0. The zero-order chi connectivity index (χ0) is 13.7. The number of halogens is 2. The molecule has 2 N–H and O–H groups in total. The Morgan fingerprint density at radius 1 is 1.39 bits per heavy atom. The quantitative estimate of drug-likeness (QED) is 0.843. The molecule has 0 aliphatic rings. The van der Waals surface area contributed by atoms with Crippen molar-refractivity contribution in [1.29, 1.82) is 0 Å². The molecule has 0 fully saturated rings. The highest BCUT2D eigenvalue weighted by Crippen LogP contribution is 2.20. The van der Waals surface area contributed by atoms with Crippen LogP contribution >= 0.6 is 35.4 Å². The van der Waals surface area contributed by atoms with E-state index in [0.29, 0.717) is 21.7 Å². The number of rotatable bonds is 3. The lowest BCUT2D eigenvalue weighted by atomic mass is 10.2. The highest BCUT2D eigenvalue weighted by Gasteiger charge is 2.09. The van der Waals surface area contributed by atoms with E-state index in [1.165, 1.54) is 0 Å². The number of carbonyl (C=O) groups excluding carboxylic acids is 1. The predicted molar refractivity (Wildman–Crippen MR) is 78.9 cm³/mol. The molecule has 0 aliphatic carbocycles. The number of nitrogens with one attached hydrogen (secondary N) is 2. The largest absolute Gasteiger partial charge is 0.358 e. The van der Waals surface area contributed by atoms with Crippen LogP contribution in [-0.2, 0) is 11.3 Å². The van der Waals surface area contributed by atoms with Gasteiger partial charge < -0.3 is 10.6 Å². The molecule has 0 saturated heterocycles. The van der Waals surface area contributed by atoms with E-state index in [4.69, 9.17) is 35.4 Å². The molecule has 1 aromatic carbocycles. The average molecular weight is 305 g/mol. The number of thiocarbonyl (C=S) groups is 1. The lowest BCUT2D eigenvalue weighted by Crippen LogP contribution is -2.40. The molecule has 0 heterocycles. The fourth-order valence-electron chi connectivity index (χ4n) is 1.14. The van der Waals surface area contributed by atoms with E-state index in [-0.39, 0.29) is 11.8 Å². The van der Waals surface area contributed by atoms with Crippen LogP contribution in [0.1, 0.15) is 19.4 Å². The Morgan fingerprint density at radius 2 is 2.06 bits per heavy atom. The van der Waals surface area contributed by atoms with Crippen molar-refractivity contribution in [2.75, 3.05) is 0 Å². The van der Waals surface area contributed by atoms with Crippen molar-refractivity contribution >= 4 is 46.4 Å². The maximum atomic E-state index is 11.4. The molecule has 0 radical (unpaired) electrons. The number of hydrogen-bond donors (Lipinski definition) is 2. The van der Waals surface area contributed by atoms with E-state index in [9.17, 15) is 4.79 Å². The Hall–Kier alpha value is -0.840. The second-order valence-electron chi connectivity index (χ2n) is 4.06. The molecule has 0 bridgehead atoms. The summed E-state index contributed by atoms with van der Waals surface area (Å²) in [5.41, 5.74) is 0.863. The predicted octanol–water partition coefficient (Wildman–Crippen LogP) is 3.14. The summed E-state index contributed by atoms with van der Waals surface area (Å²) in [4.78, 5) is 11.4. The summed E-state index contributed by atoms with van der Waals surface area (Å²) in [5, 5.41) is 6.95. The van der Waals surface area contributed by atoms with Gasteiger partial charge in [-0.25, -0.2) is 0 Å². The van der Waals surface area contributed by atoms with Gasteiger partial charge >= 0.3 is 0 Å². The van der Waals surface area contributed by atoms with E-state index in [1.54, 1.807) is 26.0 Å². The molecule has 6 heteroatoms. The summed E-state index contributed by atoms with van der Waals surface area (Å²) in [6.07, 6.45) is 0. The minimum absolute atomic E-state index is 0.108. The van der Waals surface area contributed by atoms with Crippen LogP contribution in [0.3, 0.4) is 0 Å². The van der Waals surface area contributed by atoms with Gasteiger partial charge in [0, 0.05) is 22.5 Å². The number of amides is 1. The SMILES string of the molecule is CC(C)C(=O)NC(=S)NCc1ccc(Cl)cc1Cl. The van der Waals surface area contributed by atoms with Gasteiger partial charge in [0.15, 0.2) is 5.11 Å². The molecular formula is C12H14Cl2N2OS. The Kier molecular flexibility index (Phi) is 5.85. The van der Waals surface area contributed by atoms with E-state index >= 15 is 0 Å². The molecule has 3 nitrogen and oxygen atoms in total. The van der Waals surface area contributed by atoms with Crippen molar-refractivity contribution in [3.8, 4) is 0 Å². The summed E-state index contributed by atoms with van der Waals surface area (Å²) >= 11 is 16.8.